The average molecular weight is 310 g/mol. The molecule has 0 radical (unpaired) electrons. The molecule has 3 rings (SSSR count). The molecule has 122 valence electrons. The summed E-state index contributed by atoms with van der Waals surface area (Å²) in [5, 5.41) is 0. The second-order valence-electron chi connectivity index (χ2n) is 6.66. The number of hydrogen-bond acceptors (Lipinski definition) is 4. The van der Waals surface area contributed by atoms with E-state index in [4.69, 9.17) is 0 Å². The van der Waals surface area contributed by atoms with Gasteiger partial charge in [0, 0.05) is 48.9 Å². The lowest BCUT2D eigenvalue weighted by atomic mass is 9.89. The molecule has 0 saturated heterocycles. The van der Waals surface area contributed by atoms with Crippen molar-refractivity contribution < 1.29 is 0 Å². The molecule has 1 aliphatic rings. The maximum absolute atomic E-state index is 4.64. The van der Waals surface area contributed by atoms with Gasteiger partial charge in [0.1, 0.15) is 5.82 Å². The van der Waals surface area contributed by atoms with E-state index in [1.807, 2.05) is 30.9 Å². The molecule has 0 spiro atoms. The molecule has 0 N–H and O–H groups in total. The predicted octanol–water partition coefficient (Wildman–Crippen LogP) is 4.11. The zero-order valence-electron chi connectivity index (χ0n) is 14.2. The van der Waals surface area contributed by atoms with Crippen molar-refractivity contribution >= 4 is 0 Å². The summed E-state index contributed by atoms with van der Waals surface area (Å²) in [7, 11) is 2.13. The number of nitrogens with zero attached hydrogens (tertiary/aromatic N) is 4. The summed E-state index contributed by atoms with van der Waals surface area (Å²) in [5.41, 5.74) is 2.40. The van der Waals surface area contributed by atoms with Crippen molar-refractivity contribution in [1.29, 1.82) is 0 Å². The molecule has 1 saturated carbocycles. The van der Waals surface area contributed by atoms with Crippen molar-refractivity contribution in [3.63, 3.8) is 0 Å². The van der Waals surface area contributed by atoms with E-state index < -0.39 is 0 Å². The molecule has 1 aliphatic carbocycles. The fourth-order valence-corrected chi connectivity index (χ4v) is 3.32. The Kier molecular flexibility index (Phi) is 5.34. The van der Waals surface area contributed by atoms with Crippen molar-refractivity contribution in [3.8, 4) is 0 Å². The summed E-state index contributed by atoms with van der Waals surface area (Å²) in [6, 6.07) is 4.43. The van der Waals surface area contributed by atoms with Gasteiger partial charge in [0.2, 0.25) is 0 Å². The maximum Gasteiger partial charge on any atom is 0.131 e. The summed E-state index contributed by atoms with van der Waals surface area (Å²) in [6.45, 7) is 3.05. The highest BCUT2D eigenvalue weighted by atomic mass is 15.1. The molecular formula is C19H26N4. The second-order valence-corrected chi connectivity index (χ2v) is 6.66. The van der Waals surface area contributed by atoms with Gasteiger partial charge in [-0.3, -0.25) is 9.88 Å². The summed E-state index contributed by atoms with van der Waals surface area (Å²) < 4.78 is 0. The molecule has 2 heterocycles. The van der Waals surface area contributed by atoms with Crippen LogP contribution in [0.25, 0.3) is 0 Å². The smallest absolute Gasteiger partial charge is 0.131 e. The zero-order valence-corrected chi connectivity index (χ0v) is 14.2. The van der Waals surface area contributed by atoms with Crippen LogP contribution in [0.15, 0.2) is 36.9 Å². The van der Waals surface area contributed by atoms with Crippen molar-refractivity contribution in [2.45, 2.75) is 57.5 Å². The number of aromatic nitrogens is 3. The first-order valence-corrected chi connectivity index (χ1v) is 8.65. The fourth-order valence-electron chi connectivity index (χ4n) is 3.32. The first-order valence-electron chi connectivity index (χ1n) is 8.65. The third-order valence-corrected chi connectivity index (χ3v) is 4.96. The molecule has 0 amide bonds. The lowest BCUT2D eigenvalue weighted by molar-refractivity contribution is 0.252. The highest BCUT2D eigenvalue weighted by molar-refractivity contribution is 5.14. The molecular weight excluding hydrogens is 284 g/mol. The Balaban J connectivity index is 1.61. The molecule has 1 atom stereocenters. The van der Waals surface area contributed by atoms with Crippen LogP contribution in [-0.4, -0.2) is 26.9 Å². The lowest BCUT2D eigenvalue weighted by Crippen LogP contribution is -2.22. The average Bonchev–Trinajstić information content (AvgIpc) is 2.63. The number of pyridine rings is 1. The van der Waals surface area contributed by atoms with Crippen molar-refractivity contribution in [3.05, 3.63) is 53.9 Å². The van der Waals surface area contributed by atoms with E-state index in [2.05, 4.69) is 39.9 Å². The van der Waals surface area contributed by atoms with Crippen LogP contribution in [0.4, 0.5) is 0 Å². The second kappa shape index (κ2) is 7.64. The molecule has 0 aromatic carbocycles. The van der Waals surface area contributed by atoms with E-state index in [0.717, 1.165) is 12.4 Å². The Morgan fingerprint density at radius 1 is 1.13 bits per heavy atom. The SMILES string of the molecule is CC(c1cccnc1)N(C)Cc1cnc(C2CCCCC2)nc1. The van der Waals surface area contributed by atoms with Gasteiger partial charge < -0.3 is 0 Å². The molecule has 0 aliphatic heterocycles. The van der Waals surface area contributed by atoms with Gasteiger partial charge in [-0.2, -0.15) is 0 Å². The molecule has 23 heavy (non-hydrogen) atoms. The number of hydrogen-bond donors (Lipinski definition) is 0. The van der Waals surface area contributed by atoms with Gasteiger partial charge in [0.05, 0.1) is 0 Å². The van der Waals surface area contributed by atoms with Crippen LogP contribution in [0, 0.1) is 0 Å². The van der Waals surface area contributed by atoms with E-state index >= 15 is 0 Å². The minimum atomic E-state index is 0.321. The Hall–Kier alpha value is -1.81. The van der Waals surface area contributed by atoms with Gasteiger partial charge in [-0.05, 0) is 38.4 Å². The molecule has 2 aromatic heterocycles. The Morgan fingerprint density at radius 3 is 2.52 bits per heavy atom. The van der Waals surface area contributed by atoms with Gasteiger partial charge in [-0.15, -0.1) is 0 Å². The van der Waals surface area contributed by atoms with Crippen LogP contribution in [0.5, 0.6) is 0 Å². The monoisotopic (exact) mass is 310 g/mol. The molecule has 1 unspecified atom stereocenters. The summed E-state index contributed by atoms with van der Waals surface area (Å²) in [5.74, 6) is 1.61. The Morgan fingerprint density at radius 2 is 1.87 bits per heavy atom. The number of rotatable bonds is 5. The molecule has 2 aromatic rings. The van der Waals surface area contributed by atoms with Crippen LogP contribution in [0.3, 0.4) is 0 Å². The molecule has 4 heteroatoms. The van der Waals surface area contributed by atoms with E-state index in [-0.39, 0.29) is 0 Å². The fraction of sp³-hybridized carbons (Fsp3) is 0.526. The lowest BCUT2D eigenvalue weighted by Gasteiger charge is -2.25. The summed E-state index contributed by atoms with van der Waals surface area (Å²) in [6.07, 6.45) is 14.3. The first-order chi connectivity index (χ1) is 11.2. The van der Waals surface area contributed by atoms with Crippen molar-refractivity contribution in [1.82, 2.24) is 19.9 Å². The van der Waals surface area contributed by atoms with E-state index in [1.165, 1.54) is 43.2 Å². The van der Waals surface area contributed by atoms with E-state index in [1.54, 1.807) is 0 Å². The van der Waals surface area contributed by atoms with E-state index in [9.17, 15) is 0 Å². The van der Waals surface area contributed by atoms with Crippen LogP contribution < -0.4 is 0 Å². The first kappa shape index (κ1) is 16.1. The van der Waals surface area contributed by atoms with Crippen molar-refractivity contribution in [2.24, 2.45) is 0 Å². The minimum Gasteiger partial charge on any atom is -0.295 e. The third-order valence-electron chi connectivity index (χ3n) is 4.96. The predicted molar refractivity (Wildman–Crippen MR) is 92.0 cm³/mol. The van der Waals surface area contributed by atoms with Crippen LogP contribution in [-0.2, 0) is 6.54 Å². The molecule has 1 fully saturated rings. The zero-order chi connectivity index (χ0) is 16.1. The van der Waals surface area contributed by atoms with Crippen molar-refractivity contribution in [2.75, 3.05) is 7.05 Å². The summed E-state index contributed by atoms with van der Waals surface area (Å²) >= 11 is 0. The minimum absolute atomic E-state index is 0.321. The van der Waals surface area contributed by atoms with Gasteiger partial charge >= 0.3 is 0 Å². The van der Waals surface area contributed by atoms with Crippen LogP contribution >= 0.6 is 0 Å². The highest BCUT2D eigenvalue weighted by Crippen LogP contribution is 2.30. The Labute approximate surface area is 139 Å². The highest BCUT2D eigenvalue weighted by Gasteiger charge is 2.18. The van der Waals surface area contributed by atoms with Gasteiger partial charge in [-0.1, -0.05) is 25.3 Å². The topological polar surface area (TPSA) is 41.9 Å². The van der Waals surface area contributed by atoms with Gasteiger partial charge in [0.25, 0.3) is 0 Å². The molecule has 4 nitrogen and oxygen atoms in total. The quantitative estimate of drug-likeness (QED) is 0.833. The Bertz CT molecular complexity index is 591. The van der Waals surface area contributed by atoms with Crippen LogP contribution in [0.1, 0.15) is 67.9 Å². The maximum atomic E-state index is 4.64. The normalized spacial score (nSPS) is 17.3. The third kappa shape index (κ3) is 4.14. The van der Waals surface area contributed by atoms with Crippen LogP contribution in [0.2, 0.25) is 0 Å². The van der Waals surface area contributed by atoms with E-state index in [0.29, 0.717) is 12.0 Å². The summed E-state index contributed by atoms with van der Waals surface area (Å²) in [4.78, 5) is 15.8. The standard InChI is InChI=1S/C19H26N4/c1-15(18-9-6-10-20-13-18)23(2)14-16-11-21-19(22-12-16)17-7-4-3-5-8-17/h6,9-13,15,17H,3-5,7-8,14H2,1-2H3. The largest absolute Gasteiger partial charge is 0.295 e. The van der Waals surface area contributed by atoms with Gasteiger partial charge in [0.15, 0.2) is 0 Å². The molecule has 0 bridgehead atoms. The van der Waals surface area contributed by atoms with Gasteiger partial charge in [-0.25, -0.2) is 9.97 Å².